The fourth-order valence-corrected chi connectivity index (χ4v) is 4.16. The lowest BCUT2D eigenvalue weighted by Gasteiger charge is -2.22. The highest BCUT2D eigenvalue weighted by Gasteiger charge is 2.22. The topological polar surface area (TPSA) is 56.5 Å². The summed E-state index contributed by atoms with van der Waals surface area (Å²) in [5.74, 6) is 1.73. The number of hydrogen-bond donors (Lipinski definition) is 0. The van der Waals surface area contributed by atoms with Gasteiger partial charge in [-0.2, -0.15) is 9.78 Å². The zero-order chi connectivity index (χ0) is 19.5. The highest BCUT2D eigenvalue weighted by atomic mass is 79.9. The third-order valence-corrected chi connectivity index (χ3v) is 5.75. The normalized spacial score (nSPS) is 15.4. The summed E-state index contributed by atoms with van der Waals surface area (Å²) in [6.45, 7) is 0. The van der Waals surface area contributed by atoms with Crippen LogP contribution in [-0.2, 0) is 0 Å². The Labute approximate surface area is 172 Å². The molecule has 0 spiro atoms. The van der Waals surface area contributed by atoms with E-state index in [2.05, 4.69) is 21.0 Å². The zero-order valence-corrected chi connectivity index (χ0v) is 17.4. The Bertz CT molecular complexity index is 1080. The fourth-order valence-electron chi connectivity index (χ4n) is 3.80. The molecule has 3 aromatic rings. The highest BCUT2D eigenvalue weighted by molar-refractivity contribution is 9.10. The Balaban J connectivity index is 1.87. The van der Waals surface area contributed by atoms with E-state index in [9.17, 15) is 4.79 Å². The molecule has 0 N–H and O–H groups in total. The fraction of sp³-hybridized carbons (Fsp3) is 0.318. The predicted octanol–water partition coefficient (Wildman–Crippen LogP) is 5.10. The Morgan fingerprint density at radius 3 is 2.75 bits per heavy atom. The van der Waals surface area contributed by atoms with Crippen LogP contribution in [0.2, 0.25) is 0 Å². The highest BCUT2D eigenvalue weighted by Crippen LogP contribution is 2.32. The second-order valence-corrected chi connectivity index (χ2v) is 7.99. The van der Waals surface area contributed by atoms with E-state index in [0.29, 0.717) is 5.39 Å². The van der Waals surface area contributed by atoms with Crippen LogP contribution in [0.5, 0.6) is 5.75 Å². The number of rotatable bonds is 4. The minimum absolute atomic E-state index is 0.141. The third kappa shape index (κ3) is 3.74. The number of hydrogen-bond acceptors (Lipinski definition) is 4. The van der Waals surface area contributed by atoms with Gasteiger partial charge in [0.05, 0.1) is 24.2 Å². The average Bonchev–Trinajstić information content (AvgIpc) is 2.74. The maximum Gasteiger partial charge on any atom is 0.282 e. The minimum atomic E-state index is -0.141. The summed E-state index contributed by atoms with van der Waals surface area (Å²) >= 11 is 3.45. The molecule has 0 bridgehead atoms. The van der Waals surface area contributed by atoms with Crippen molar-refractivity contribution in [2.75, 3.05) is 7.11 Å². The first-order valence-electron chi connectivity index (χ1n) is 9.57. The van der Waals surface area contributed by atoms with Gasteiger partial charge in [-0.25, -0.2) is 4.98 Å². The molecule has 6 heteroatoms. The number of aromatic nitrogens is 2. The van der Waals surface area contributed by atoms with Crippen LogP contribution in [0.1, 0.15) is 49.4 Å². The van der Waals surface area contributed by atoms with Crippen LogP contribution in [-0.4, -0.2) is 23.0 Å². The summed E-state index contributed by atoms with van der Waals surface area (Å²) in [6.07, 6.45) is 7.32. The van der Waals surface area contributed by atoms with E-state index in [-0.39, 0.29) is 11.5 Å². The summed E-state index contributed by atoms with van der Waals surface area (Å²) < 4.78 is 7.73. The molecule has 1 fully saturated rings. The first-order valence-corrected chi connectivity index (χ1v) is 10.4. The second-order valence-electron chi connectivity index (χ2n) is 7.07. The molecule has 5 nitrogen and oxygen atoms in total. The smallest absolute Gasteiger partial charge is 0.282 e. The molecule has 1 saturated carbocycles. The molecule has 0 radical (unpaired) electrons. The molecule has 144 valence electrons. The number of halogens is 1. The van der Waals surface area contributed by atoms with Gasteiger partial charge in [0.15, 0.2) is 0 Å². The van der Waals surface area contributed by atoms with Crippen molar-refractivity contribution < 1.29 is 4.74 Å². The lowest BCUT2D eigenvalue weighted by Crippen LogP contribution is -2.25. The van der Waals surface area contributed by atoms with Crippen LogP contribution in [0.25, 0.3) is 10.9 Å². The van der Waals surface area contributed by atoms with Crippen molar-refractivity contribution in [1.29, 1.82) is 0 Å². The Morgan fingerprint density at radius 2 is 1.96 bits per heavy atom. The number of fused-ring (bicyclic) bond motifs is 1. The largest absolute Gasteiger partial charge is 0.496 e. The number of methoxy groups -OCH3 is 1. The van der Waals surface area contributed by atoms with Crippen molar-refractivity contribution in [2.45, 2.75) is 38.0 Å². The van der Waals surface area contributed by atoms with Gasteiger partial charge in [0.2, 0.25) is 0 Å². The monoisotopic (exact) mass is 439 g/mol. The van der Waals surface area contributed by atoms with Gasteiger partial charge in [-0.05, 0) is 43.2 Å². The van der Waals surface area contributed by atoms with Gasteiger partial charge in [0.1, 0.15) is 11.6 Å². The summed E-state index contributed by atoms with van der Waals surface area (Å²) in [6, 6.07) is 13.2. The van der Waals surface area contributed by atoms with E-state index in [0.717, 1.165) is 52.8 Å². The minimum Gasteiger partial charge on any atom is -0.496 e. The van der Waals surface area contributed by atoms with Crippen LogP contribution in [0, 0.1) is 0 Å². The first kappa shape index (κ1) is 18.9. The van der Waals surface area contributed by atoms with Crippen LogP contribution in [0.4, 0.5) is 0 Å². The Kier molecular flexibility index (Phi) is 5.57. The Morgan fingerprint density at radius 1 is 1.18 bits per heavy atom. The van der Waals surface area contributed by atoms with E-state index in [1.54, 1.807) is 13.3 Å². The van der Waals surface area contributed by atoms with Crippen molar-refractivity contribution in [1.82, 2.24) is 9.66 Å². The number of benzene rings is 2. The molecule has 28 heavy (non-hydrogen) atoms. The zero-order valence-electron chi connectivity index (χ0n) is 15.8. The average molecular weight is 440 g/mol. The summed E-state index contributed by atoms with van der Waals surface area (Å²) in [7, 11) is 1.63. The maximum atomic E-state index is 13.3. The lowest BCUT2D eigenvalue weighted by molar-refractivity contribution is 0.413. The Hall–Kier alpha value is -2.47. The van der Waals surface area contributed by atoms with Crippen LogP contribution in [0.3, 0.4) is 0 Å². The molecule has 0 amide bonds. The van der Waals surface area contributed by atoms with Gasteiger partial charge in [-0.3, -0.25) is 4.79 Å². The quantitative estimate of drug-likeness (QED) is 0.531. The van der Waals surface area contributed by atoms with Crippen molar-refractivity contribution >= 4 is 33.0 Å². The molecular weight excluding hydrogens is 418 g/mol. The molecule has 0 unspecified atom stereocenters. The van der Waals surface area contributed by atoms with Gasteiger partial charge < -0.3 is 4.74 Å². The molecule has 0 aliphatic heterocycles. The number of para-hydroxylation sites is 1. The summed E-state index contributed by atoms with van der Waals surface area (Å²) in [5, 5.41) is 5.12. The van der Waals surface area contributed by atoms with E-state index < -0.39 is 0 Å². The molecule has 0 atom stereocenters. The number of ether oxygens (including phenoxy) is 1. The molecular formula is C22H22BrN3O2. The molecule has 2 aromatic carbocycles. The standard InChI is InChI=1S/C22H22BrN3O2/c1-28-20-10-6-5-9-16(20)14-24-26-21(15-7-3-2-4-8-15)25-19-12-11-17(23)13-18(19)22(26)27/h5-6,9-15H,2-4,7-8H2,1H3. The van der Waals surface area contributed by atoms with E-state index in [1.807, 2.05) is 42.5 Å². The van der Waals surface area contributed by atoms with Crippen molar-refractivity contribution in [2.24, 2.45) is 5.10 Å². The first-order chi connectivity index (χ1) is 13.7. The molecule has 0 saturated heterocycles. The van der Waals surface area contributed by atoms with Crippen molar-refractivity contribution in [3.8, 4) is 5.75 Å². The van der Waals surface area contributed by atoms with Gasteiger partial charge >= 0.3 is 0 Å². The molecule has 1 aliphatic rings. The molecule has 1 aliphatic carbocycles. The van der Waals surface area contributed by atoms with Crippen molar-refractivity contribution in [3.63, 3.8) is 0 Å². The van der Waals surface area contributed by atoms with Crippen LogP contribution >= 0.6 is 15.9 Å². The predicted molar refractivity (Wildman–Crippen MR) is 116 cm³/mol. The number of nitrogens with zero attached hydrogens (tertiary/aromatic N) is 3. The van der Waals surface area contributed by atoms with Gasteiger partial charge in [-0.1, -0.05) is 47.3 Å². The van der Waals surface area contributed by atoms with E-state index in [1.165, 1.54) is 11.1 Å². The lowest BCUT2D eigenvalue weighted by atomic mass is 9.88. The SMILES string of the molecule is COc1ccccc1C=Nn1c(C2CCCCC2)nc2ccc(Br)cc2c1=O. The van der Waals surface area contributed by atoms with Gasteiger partial charge in [0, 0.05) is 16.0 Å². The van der Waals surface area contributed by atoms with Crippen LogP contribution < -0.4 is 10.3 Å². The van der Waals surface area contributed by atoms with E-state index >= 15 is 0 Å². The third-order valence-electron chi connectivity index (χ3n) is 5.25. The maximum absolute atomic E-state index is 13.3. The van der Waals surface area contributed by atoms with Crippen molar-refractivity contribution in [3.05, 3.63) is 68.7 Å². The van der Waals surface area contributed by atoms with Gasteiger partial charge in [-0.15, -0.1) is 0 Å². The second kappa shape index (κ2) is 8.27. The summed E-state index contributed by atoms with van der Waals surface area (Å²) in [5.41, 5.74) is 1.40. The van der Waals surface area contributed by atoms with E-state index in [4.69, 9.17) is 9.72 Å². The summed E-state index contributed by atoms with van der Waals surface area (Å²) in [4.78, 5) is 18.1. The molecule has 1 aromatic heterocycles. The molecule has 4 rings (SSSR count). The van der Waals surface area contributed by atoms with Gasteiger partial charge in [0.25, 0.3) is 5.56 Å². The molecule has 1 heterocycles. The van der Waals surface area contributed by atoms with Crippen LogP contribution in [0.15, 0.2) is 56.8 Å².